The van der Waals surface area contributed by atoms with Gasteiger partial charge < -0.3 is 5.32 Å². The molecule has 0 bridgehead atoms. The average molecular weight is 288 g/mol. The van der Waals surface area contributed by atoms with Crippen LogP contribution in [-0.2, 0) is 0 Å². The van der Waals surface area contributed by atoms with E-state index in [-0.39, 0.29) is 12.4 Å². The van der Waals surface area contributed by atoms with Crippen LogP contribution in [0.15, 0.2) is 42.5 Å². The van der Waals surface area contributed by atoms with E-state index in [1.54, 1.807) is 0 Å². The van der Waals surface area contributed by atoms with Gasteiger partial charge in [0, 0.05) is 6.04 Å². The lowest BCUT2D eigenvalue weighted by Crippen LogP contribution is -2.12. The molecule has 1 saturated heterocycles. The Kier molecular flexibility index (Phi) is 4.85. The summed E-state index contributed by atoms with van der Waals surface area (Å²) < 4.78 is 0. The summed E-state index contributed by atoms with van der Waals surface area (Å²) in [5.41, 5.74) is 6.76. The summed E-state index contributed by atoms with van der Waals surface area (Å²) in [5, 5.41) is 3.55. The van der Waals surface area contributed by atoms with E-state index in [9.17, 15) is 0 Å². The van der Waals surface area contributed by atoms with Crippen molar-refractivity contribution in [3.8, 4) is 11.1 Å². The Morgan fingerprint density at radius 3 is 2.40 bits per heavy atom. The summed E-state index contributed by atoms with van der Waals surface area (Å²) in [7, 11) is 0. The maximum absolute atomic E-state index is 3.55. The molecule has 0 radical (unpaired) electrons. The van der Waals surface area contributed by atoms with Crippen molar-refractivity contribution in [3.05, 3.63) is 59.2 Å². The van der Waals surface area contributed by atoms with Crippen LogP contribution in [0.25, 0.3) is 11.1 Å². The fourth-order valence-corrected chi connectivity index (χ4v) is 2.91. The molecule has 1 aliphatic rings. The Morgan fingerprint density at radius 1 is 1.00 bits per heavy atom. The minimum atomic E-state index is 0. The number of hydrogen-bond donors (Lipinski definition) is 1. The van der Waals surface area contributed by atoms with Crippen LogP contribution in [0.1, 0.15) is 35.6 Å². The maximum Gasteiger partial charge on any atom is 0.0320 e. The predicted octanol–water partition coefficient (Wildman–Crippen LogP) is 4.82. The molecule has 3 rings (SSSR count). The van der Waals surface area contributed by atoms with Crippen LogP contribution < -0.4 is 5.32 Å². The highest BCUT2D eigenvalue weighted by atomic mass is 35.5. The first kappa shape index (κ1) is 15.1. The first-order valence-electron chi connectivity index (χ1n) is 7.15. The summed E-state index contributed by atoms with van der Waals surface area (Å²) in [4.78, 5) is 0. The number of rotatable bonds is 2. The Hall–Kier alpha value is -1.31. The third-order valence-corrected chi connectivity index (χ3v) is 4.08. The summed E-state index contributed by atoms with van der Waals surface area (Å²) in [6, 6.07) is 16.3. The lowest BCUT2D eigenvalue weighted by molar-refractivity contribution is 0.648. The van der Waals surface area contributed by atoms with Crippen molar-refractivity contribution in [2.24, 2.45) is 0 Å². The van der Waals surface area contributed by atoms with Gasteiger partial charge >= 0.3 is 0 Å². The fourth-order valence-electron chi connectivity index (χ4n) is 2.91. The van der Waals surface area contributed by atoms with E-state index in [1.807, 2.05) is 0 Å². The largest absolute Gasteiger partial charge is 0.310 e. The van der Waals surface area contributed by atoms with Crippen LogP contribution >= 0.6 is 12.4 Å². The van der Waals surface area contributed by atoms with Crippen molar-refractivity contribution in [2.45, 2.75) is 32.7 Å². The van der Waals surface area contributed by atoms with Crippen molar-refractivity contribution in [2.75, 3.05) is 6.54 Å². The SMILES string of the molecule is Cc1ccc(C)c(-c2ccc(C3CCCN3)cc2)c1.Cl. The summed E-state index contributed by atoms with van der Waals surface area (Å²) >= 11 is 0. The van der Waals surface area contributed by atoms with Crippen LogP contribution in [0.4, 0.5) is 0 Å². The molecule has 1 atom stereocenters. The van der Waals surface area contributed by atoms with E-state index in [0.717, 1.165) is 6.54 Å². The molecule has 1 heterocycles. The highest BCUT2D eigenvalue weighted by molar-refractivity contribution is 5.85. The zero-order valence-corrected chi connectivity index (χ0v) is 13.0. The summed E-state index contributed by atoms with van der Waals surface area (Å²) in [6.07, 6.45) is 2.56. The van der Waals surface area contributed by atoms with Crippen molar-refractivity contribution in [1.29, 1.82) is 0 Å². The molecule has 0 spiro atoms. The zero-order valence-electron chi connectivity index (χ0n) is 12.1. The van der Waals surface area contributed by atoms with Crippen molar-refractivity contribution in [1.82, 2.24) is 5.32 Å². The van der Waals surface area contributed by atoms with Gasteiger partial charge in [-0.05, 0) is 55.5 Å². The highest BCUT2D eigenvalue weighted by Crippen LogP contribution is 2.28. The molecule has 0 amide bonds. The molecular weight excluding hydrogens is 266 g/mol. The van der Waals surface area contributed by atoms with Crippen LogP contribution in [0, 0.1) is 13.8 Å². The lowest BCUT2D eigenvalue weighted by Gasteiger charge is -2.12. The fraction of sp³-hybridized carbons (Fsp3) is 0.333. The maximum atomic E-state index is 3.55. The van der Waals surface area contributed by atoms with E-state index < -0.39 is 0 Å². The molecule has 0 aromatic heterocycles. The van der Waals surface area contributed by atoms with Gasteiger partial charge in [-0.1, -0.05) is 48.0 Å². The van der Waals surface area contributed by atoms with Gasteiger partial charge in [-0.2, -0.15) is 0 Å². The van der Waals surface area contributed by atoms with Crippen LogP contribution in [0.3, 0.4) is 0 Å². The monoisotopic (exact) mass is 287 g/mol. The molecule has 1 aliphatic heterocycles. The minimum Gasteiger partial charge on any atom is -0.310 e. The van der Waals surface area contributed by atoms with Gasteiger partial charge in [0.25, 0.3) is 0 Å². The summed E-state index contributed by atoms with van der Waals surface area (Å²) in [6.45, 7) is 5.49. The number of nitrogens with one attached hydrogen (secondary N) is 1. The second kappa shape index (κ2) is 6.43. The predicted molar refractivity (Wildman–Crippen MR) is 88.6 cm³/mol. The van der Waals surface area contributed by atoms with Crippen molar-refractivity contribution in [3.63, 3.8) is 0 Å². The topological polar surface area (TPSA) is 12.0 Å². The van der Waals surface area contributed by atoms with E-state index in [1.165, 1.54) is 40.7 Å². The first-order valence-corrected chi connectivity index (χ1v) is 7.15. The average Bonchev–Trinajstić information content (AvgIpc) is 2.96. The lowest BCUT2D eigenvalue weighted by atomic mass is 9.96. The van der Waals surface area contributed by atoms with Crippen molar-refractivity contribution >= 4 is 12.4 Å². The molecule has 1 nitrogen and oxygen atoms in total. The van der Waals surface area contributed by atoms with E-state index in [4.69, 9.17) is 0 Å². The van der Waals surface area contributed by atoms with Crippen LogP contribution in [0.2, 0.25) is 0 Å². The van der Waals surface area contributed by atoms with E-state index in [2.05, 4.69) is 61.6 Å². The molecule has 0 aliphatic carbocycles. The Labute approximate surface area is 127 Å². The smallest absolute Gasteiger partial charge is 0.0320 e. The molecule has 2 heteroatoms. The van der Waals surface area contributed by atoms with Crippen LogP contribution in [0.5, 0.6) is 0 Å². The van der Waals surface area contributed by atoms with Gasteiger partial charge in [-0.25, -0.2) is 0 Å². The molecular formula is C18H22ClN. The number of aryl methyl sites for hydroxylation is 2. The molecule has 0 saturated carbocycles. The highest BCUT2D eigenvalue weighted by Gasteiger charge is 2.15. The molecule has 1 N–H and O–H groups in total. The Balaban J connectivity index is 0.00000147. The second-order valence-electron chi connectivity index (χ2n) is 5.59. The molecule has 2 aromatic rings. The van der Waals surface area contributed by atoms with E-state index in [0.29, 0.717) is 6.04 Å². The van der Waals surface area contributed by atoms with Gasteiger partial charge in [0.2, 0.25) is 0 Å². The normalized spacial score (nSPS) is 17.8. The van der Waals surface area contributed by atoms with Gasteiger partial charge in [0.05, 0.1) is 0 Å². The molecule has 106 valence electrons. The Morgan fingerprint density at radius 2 is 1.75 bits per heavy atom. The standard InChI is InChI=1S/C18H21N.ClH/c1-13-5-6-14(2)17(12-13)15-7-9-16(10-8-15)18-4-3-11-19-18;/h5-10,12,18-19H,3-4,11H2,1-2H3;1H. The number of hydrogen-bond acceptors (Lipinski definition) is 1. The quantitative estimate of drug-likeness (QED) is 0.835. The van der Waals surface area contributed by atoms with Crippen LogP contribution in [-0.4, -0.2) is 6.54 Å². The second-order valence-corrected chi connectivity index (χ2v) is 5.59. The molecule has 20 heavy (non-hydrogen) atoms. The molecule has 1 unspecified atom stereocenters. The van der Waals surface area contributed by atoms with Gasteiger partial charge in [0.15, 0.2) is 0 Å². The van der Waals surface area contributed by atoms with E-state index >= 15 is 0 Å². The zero-order chi connectivity index (χ0) is 13.2. The Bertz CT molecular complexity index is 568. The van der Waals surface area contributed by atoms with Crippen molar-refractivity contribution < 1.29 is 0 Å². The van der Waals surface area contributed by atoms with Gasteiger partial charge in [-0.3, -0.25) is 0 Å². The number of halogens is 1. The minimum absolute atomic E-state index is 0. The summed E-state index contributed by atoms with van der Waals surface area (Å²) in [5.74, 6) is 0. The van der Waals surface area contributed by atoms with Gasteiger partial charge in [0.1, 0.15) is 0 Å². The third kappa shape index (κ3) is 3.05. The first-order chi connectivity index (χ1) is 9.24. The van der Waals surface area contributed by atoms with Gasteiger partial charge in [-0.15, -0.1) is 12.4 Å². The number of benzene rings is 2. The third-order valence-electron chi connectivity index (χ3n) is 4.08. The molecule has 2 aromatic carbocycles. The molecule has 1 fully saturated rings.